The first kappa shape index (κ1) is 6.64. The maximum absolute atomic E-state index is 5.02. The van der Waals surface area contributed by atoms with Gasteiger partial charge in [0.1, 0.15) is 0 Å². The normalized spacial score (nSPS) is 8.83. The molecule has 0 aliphatic carbocycles. The van der Waals surface area contributed by atoms with Crippen molar-refractivity contribution in [2.75, 3.05) is 0 Å². The van der Waals surface area contributed by atoms with Crippen molar-refractivity contribution in [3.05, 3.63) is 23.7 Å². The molecule has 35 valence electrons. The Morgan fingerprint density at radius 3 is 2.50 bits per heavy atom. The molecule has 2 heteroatoms. The van der Waals surface area contributed by atoms with E-state index >= 15 is 0 Å². The molecule has 0 saturated heterocycles. The molecular weight excluding hydrogens is 317 g/mol. The predicted molar refractivity (Wildman–Crippen MR) is 23.8 cm³/mol. The summed E-state index contributed by atoms with van der Waals surface area (Å²) in [6, 6.07) is 0. The molecule has 0 aromatic rings. The molecule has 0 aliphatic rings. The van der Waals surface area contributed by atoms with E-state index < -0.39 is 0 Å². The molecule has 0 aromatic carbocycles. The minimum atomic E-state index is 0.663. The molecule has 0 heterocycles. The van der Waals surface area contributed by atoms with Crippen molar-refractivity contribution in [2.45, 2.75) is 0 Å². The van der Waals surface area contributed by atoms with Gasteiger partial charge in [-0.25, -0.2) is 0 Å². The van der Waals surface area contributed by atoms with Gasteiger partial charge in [0, 0.05) is 0 Å². The van der Waals surface area contributed by atoms with Crippen LogP contribution in [-0.2, 0) is 16.0 Å². The quantitative estimate of drug-likeness (QED) is 0.398. The summed E-state index contributed by atoms with van der Waals surface area (Å²) < 4.78 is 0. The summed E-state index contributed by atoms with van der Waals surface area (Å²) in [5, 5.41) is 0. The second kappa shape index (κ2) is 5.64. The molecule has 0 bridgehead atoms. The number of hydrogen-bond donors (Lipinski definition) is 0. The molecular formula is C4H4OsSe-. The third-order valence-corrected chi connectivity index (χ3v) is 2.57. The van der Waals surface area contributed by atoms with Gasteiger partial charge >= 0.3 is 51.8 Å². The van der Waals surface area contributed by atoms with E-state index in [-0.39, 0.29) is 0 Å². The molecule has 0 aromatic heterocycles. The first-order chi connectivity index (χ1) is 2.91. The Bertz CT molecular complexity index is 65.6. The van der Waals surface area contributed by atoms with Crippen molar-refractivity contribution in [1.82, 2.24) is 0 Å². The Morgan fingerprint density at radius 2 is 2.33 bits per heavy atom. The summed E-state index contributed by atoms with van der Waals surface area (Å²) in [7, 11) is 0. The topological polar surface area (TPSA) is 0 Å². The average molecular weight is 321 g/mol. The molecule has 0 aliphatic heterocycles. The molecule has 0 unspecified atom stereocenters. The van der Waals surface area contributed by atoms with E-state index in [1.807, 2.05) is 22.1 Å². The Morgan fingerprint density at radius 1 is 1.67 bits per heavy atom. The average Bonchev–Trinajstić information content (AvgIpc) is 1.61. The zero-order valence-corrected chi connectivity index (χ0v) is 7.32. The van der Waals surface area contributed by atoms with Gasteiger partial charge in [0.15, 0.2) is 0 Å². The van der Waals surface area contributed by atoms with E-state index in [4.69, 9.17) is 6.58 Å². The van der Waals surface area contributed by atoms with Gasteiger partial charge in [-0.2, -0.15) is 0 Å². The van der Waals surface area contributed by atoms with Gasteiger partial charge in [-0.3, -0.25) is 0 Å². The molecule has 0 atom stereocenters. The first-order valence-corrected chi connectivity index (χ1v) is 8.36. The van der Waals surface area contributed by atoms with Crippen molar-refractivity contribution >= 4 is 12.0 Å². The SMILES string of the molecule is [CH-]=C/C=C\[Se]=[Os]. The Balaban J connectivity index is 3.17. The summed E-state index contributed by atoms with van der Waals surface area (Å²) in [6.07, 6.45) is 3.42. The maximum atomic E-state index is 5.02. The van der Waals surface area contributed by atoms with Gasteiger partial charge in [-0.05, 0) is 0 Å². The fourth-order valence-corrected chi connectivity index (χ4v) is 1.42. The molecule has 0 N–H and O–H groups in total. The molecule has 0 fully saturated rings. The van der Waals surface area contributed by atoms with Gasteiger partial charge in [0.2, 0.25) is 0 Å². The van der Waals surface area contributed by atoms with E-state index in [1.54, 1.807) is 6.08 Å². The van der Waals surface area contributed by atoms with Crippen LogP contribution >= 0.6 is 0 Å². The van der Waals surface area contributed by atoms with Crippen LogP contribution < -0.4 is 0 Å². The number of allylic oxidation sites excluding steroid dienone is 2. The molecule has 0 rings (SSSR count). The Labute approximate surface area is 51.8 Å². The third-order valence-electron chi connectivity index (χ3n) is 0.238. The van der Waals surface area contributed by atoms with Crippen LogP contribution in [0.25, 0.3) is 0 Å². The van der Waals surface area contributed by atoms with E-state index in [1.165, 1.54) is 0 Å². The van der Waals surface area contributed by atoms with Crippen molar-refractivity contribution in [1.29, 1.82) is 0 Å². The van der Waals surface area contributed by atoms with Crippen molar-refractivity contribution in [3.63, 3.8) is 0 Å². The van der Waals surface area contributed by atoms with Crippen LogP contribution in [0.3, 0.4) is 0 Å². The van der Waals surface area contributed by atoms with Gasteiger partial charge in [-0.15, -0.1) is 0 Å². The van der Waals surface area contributed by atoms with Crippen LogP contribution in [0.5, 0.6) is 0 Å². The van der Waals surface area contributed by atoms with Crippen molar-refractivity contribution < 1.29 is 16.0 Å². The van der Waals surface area contributed by atoms with E-state index in [0.29, 0.717) is 12.0 Å². The summed E-state index contributed by atoms with van der Waals surface area (Å²) in [5.41, 5.74) is 0. The van der Waals surface area contributed by atoms with Crippen molar-refractivity contribution in [3.8, 4) is 0 Å². The van der Waals surface area contributed by atoms with E-state index in [9.17, 15) is 0 Å². The summed E-state index contributed by atoms with van der Waals surface area (Å²) >= 11 is 2.63. The van der Waals surface area contributed by atoms with Crippen LogP contribution in [0, 0.1) is 6.58 Å². The van der Waals surface area contributed by atoms with Gasteiger partial charge < -0.3 is 0 Å². The molecule has 0 amide bonds. The predicted octanol–water partition coefficient (Wildman–Crippen LogP) is 0.655. The summed E-state index contributed by atoms with van der Waals surface area (Å²) in [4.78, 5) is 2.07. The van der Waals surface area contributed by atoms with Gasteiger partial charge in [0.25, 0.3) is 0 Å². The monoisotopic (exact) mass is 324 g/mol. The van der Waals surface area contributed by atoms with Crippen LogP contribution in [0.15, 0.2) is 17.1 Å². The van der Waals surface area contributed by atoms with E-state index in [0.717, 1.165) is 0 Å². The minimum absolute atomic E-state index is 0.663. The number of rotatable bonds is 2. The van der Waals surface area contributed by atoms with Crippen molar-refractivity contribution in [2.24, 2.45) is 0 Å². The van der Waals surface area contributed by atoms with Crippen LogP contribution in [0.4, 0.5) is 0 Å². The van der Waals surface area contributed by atoms with Crippen LogP contribution in [-0.4, -0.2) is 12.0 Å². The first-order valence-electron chi connectivity index (χ1n) is 1.38. The molecule has 0 spiro atoms. The zero-order valence-electron chi connectivity index (χ0n) is 3.07. The van der Waals surface area contributed by atoms with Crippen LogP contribution in [0.1, 0.15) is 0 Å². The fraction of sp³-hybridized carbons (Fsp3) is 0. The summed E-state index contributed by atoms with van der Waals surface area (Å²) in [6.45, 7) is 5.02. The second-order valence-electron chi connectivity index (χ2n) is 0.604. The Hall–Kier alpha value is 0.636. The van der Waals surface area contributed by atoms with E-state index in [2.05, 4.69) is 4.97 Å². The molecule has 1 radical (unpaired) electrons. The fourth-order valence-electron chi connectivity index (χ4n) is 0.0731. The number of hydrogen-bond acceptors (Lipinski definition) is 0. The molecule has 0 nitrogen and oxygen atoms in total. The second-order valence-corrected chi connectivity index (χ2v) is 4.64. The molecule has 6 heavy (non-hydrogen) atoms. The van der Waals surface area contributed by atoms with Crippen LogP contribution in [0.2, 0.25) is 0 Å². The zero-order chi connectivity index (χ0) is 4.83. The Kier molecular flexibility index (Phi) is 6.23. The summed E-state index contributed by atoms with van der Waals surface area (Å²) in [5.74, 6) is 0. The van der Waals surface area contributed by atoms with Gasteiger partial charge in [-0.1, -0.05) is 0 Å². The third kappa shape index (κ3) is 4.64. The standard InChI is InChI=1S/C4H5Se.Os/c1-2-3-4-5;/h1-5H;/q-1;+1/p-1/b4-3-;. The molecule has 0 saturated carbocycles. The van der Waals surface area contributed by atoms with Gasteiger partial charge in [0.05, 0.1) is 0 Å².